The number of amides is 4. The van der Waals surface area contributed by atoms with Crippen LogP contribution in [0.1, 0.15) is 32.3 Å². The minimum Gasteiger partial charge on any atom is -0.473 e. The van der Waals surface area contributed by atoms with Gasteiger partial charge in [-0.25, -0.2) is 9.18 Å². The van der Waals surface area contributed by atoms with Crippen molar-refractivity contribution in [3.63, 3.8) is 0 Å². The van der Waals surface area contributed by atoms with E-state index in [2.05, 4.69) is 5.32 Å². The minimum absolute atomic E-state index is 0.00733. The summed E-state index contributed by atoms with van der Waals surface area (Å²) in [5.74, 6) is -2.32. The SMILES string of the molecule is CC(C)C[C@@H](C(=O)N1C[C@@]2(C[C@H]1C(N)=O)Oc1ccc(F)cc1NC2=O)N(C)C(=O)OCc1ccccc1. The van der Waals surface area contributed by atoms with Crippen LogP contribution in [-0.4, -0.2) is 64.9 Å². The number of nitrogens with two attached hydrogens (primary N) is 1. The molecular weight excluding hydrogens is 495 g/mol. The lowest BCUT2D eigenvalue weighted by molar-refractivity contribution is -0.142. The lowest BCUT2D eigenvalue weighted by atomic mass is 9.96. The van der Waals surface area contributed by atoms with E-state index >= 15 is 0 Å². The summed E-state index contributed by atoms with van der Waals surface area (Å²) < 4.78 is 25.0. The first-order chi connectivity index (χ1) is 18.0. The number of hydrogen-bond acceptors (Lipinski definition) is 6. The summed E-state index contributed by atoms with van der Waals surface area (Å²) in [5.41, 5.74) is 4.99. The zero-order chi connectivity index (χ0) is 27.6. The molecule has 2 aliphatic rings. The van der Waals surface area contributed by atoms with Crippen molar-refractivity contribution < 1.29 is 33.0 Å². The van der Waals surface area contributed by atoms with Gasteiger partial charge in [0.05, 0.1) is 12.2 Å². The van der Waals surface area contributed by atoms with E-state index < -0.39 is 47.3 Å². The van der Waals surface area contributed by atoms with E-state index in [1.807, 2.05) is 44.2 Å². The van der Waals surface area contributed by atoms with Crippen LogP contribution in [0.15, 0.2) is 48.5 Å². The van der Waals surface area contributed by atoms with E-state index in [0.717, 1.165) is 11.6 Å². The molecular formula is C27H31FN4O6. The average Bonchev–Trinajstić information content (AvgIpc) is 3.27. The number of nitrogens with zero attached hydrogens (tertiary/aromatic N) is 2. The summed E-state index contributed by atoms with van der Waals surface area (Å²) in [7, 11) is 1.46. The zero-order valence-electron chi connectivity index (χ0n) is 21.5. The van der Waals surface area contributed by atoms with Crippen LogP contribution in [0, 0.1) is 11.7 Å². The van der Waals surface area contributed by atoms with Crippen LogP contribution in [-0.2, 0) is 25.7 Å². The fraction of sp³-hybridized carbons (Fsp3) is 0.407. The molecule has 4 amide bonds. The maximum absolute atomic E-state index is 13.9. The van der Waals surface area contributed by atoms with Gasteiger partial charge in [-0.05, 0) is 30.0 Å². The van der Waals surface area contributed by atoms with Gasteiger partial charge in [0.25, 0.3) is 5.91 Å². The third-order valence-electron chi connectivity index (χ3n) is 6.79. The second kappa shape index (κ2) is 10.7. The number of hydrogen-bond donors (Lipinski definition) is 2. The largest absolute Gasteiger partial charge is 0.473 e. The zero-order valence-corrected chi connectivity index (χ0v) is 21.5. The average molecular weight is 527 g/mol. The van der Waals surface area contributed by atoms with Gasteiger partial charge in [-0.2, -0.15) is 0 Å². The number of halogens is 1. The maximum Gasteiger partial charge on any atom is 0.410 e. The monoisotopic (exact) mass is 526 g/mol. The Morgan fingerprint density at radius 3 is 2.61 bits per heavy atom. The Labute approximate surface area is 219 Å². The molecule has 0 saturated carbocycles. The molecule has 1 saturated heterocycles. The summed E-state index contributed by atoms with van der Waals surface area (Å²) >= 11 is 0. The van der Waals surface area contributed by atoms with Gasteiger partial charge in [-0.1, -0.05) is 44.2 Å². The van der Waals surface area contributed by atoms with Crippen LogP contribution in [0.25, 0.3) is 0 Å². The van der Waals surface area contributed by atoms with E-state index in [9.17, 15) is 23.6 Å². The molecule has 0 aromatic heterocycles. The molecule has 1 spiro atoms. The van der Waals surface area contributed by atoms with Gasteiger partial charge in [0.2, 0.25) is 17.4 Å². The first-order valence-corrected chi connectivity index (χ1v) is 12.3. The molecule has 4 rings (SSSR count). The van der Waals surface area contributed by atoms with Crippen molar-refractivity contribution in [1.29, 1.82) is 0 Å². The number of rotatable bonds is 7. The van der Waals surface area contributed by atoms with Crippen LogP contribution in [0.4, 0.5) is 14.9 Å². The topological polar surface area (TPSA) is 131 Å². The van der Waals surface area contributed by atoms with E-state index in [-0.39, 0.29) is 43.3 Å². The lowest BCUT2D eigenvalue weighted by Gasteiger charge is -2.35. The number of carbonyl (C=O) groups is 4. The van der Waals surface area contributed by atoms with Gasteiger partial charge in [0.1, 0.15) is 30.3 Å². The molecule has 202 valence electrons. The number of fused-ring (bicyclic) bond motifs is 1. The smallest absolute Gasteiger partial charge is 0.410 e. The first kappa shape index (κ1) is 26.9. The Morgan fingerprint density at radius 2 is 1.95 bits per heavy atom. The molecule has 0 unspecified atom stereocenters. The third kappa shape index (κ3) is 5.41. The van der Waals surface area contributed by atoms with Gasteiger partial charge in [0, 0.05) is 19.5 Å². The van der Waals surface area contributed by atoms with Crippen molar-refractivity contribution in [2.45, 2.75) is 51.0 Å². The number of ether oxygens (including phenoxy) is 2. The van der Waals surface area contributed by atoms with Crippen LogP contribution in [0.2, 0.25) is 0 Å². The normalized spacial score (nSPS) is 20.9. The molecule has 2 heterocycles. The van der Waals surface area contributed by atoms with Gasteiger partial charge in [-0.3, -0.25) is 19.3 Å². The summed E-state index contributed by atoms with van der Waals surface area (Å²) in [6.45, 7) is 3.55. The maximum atomic E-state index is 13.9. The molecule has 3 atom stereocenters. The van der Waals surface area contributed by atoms with Crippen LogP contribution >= 0.6 is 0 Å². The molecule has 0 aliphatic carbocycles. The number of anilines is 1. The molecule has 2 aromatic rings. The quantitative estimate of drug-likeness (QED) is 0.570. The minimum atomic E-state index is -1.60. The van der Waals surface area contributed by atoms with Gasteiger partial charge in [-0.15, -0.1) is 0 Å². The summed E-state index contributed by atoms with van der Waals surface area (Å²) in [6, 6.07) is 10.7. The standard InChI is InChI=1S/C27H31FN4O6/c1-16(2)11-20(31(3)26(36)37-14-17-7-5-4-6-8-17)24(34)32-15-27(13-21(32)23(29)33)25(35)30-19-12-18(28)9-10-22(19)38-27/h4-10,12,16,20-21H,11,13-15H2,1-3H3,(H2,29,33)(H,30,35)/t20-,21-,27+/m0/s1. The fourth-order valence-corrected chi connectivity index (χ4v) is 4.79. The molecule has 3 N–H and O–H groups in total. The van der Waals surface area contributed by atoms with Crippen molar-refractivity contribution in [2.24, 2.45) is 11.7 Å². The molecule has 1 fully saturated rings. The van der Waals surface area contributed by atoms with Crippen LogP contribution in [0.3, 0.4) is 0 Å². The van der Waals surface area contributed by atoms with E-state index in [0.29, 0.717) is 0 Å². The summed E-state index contributed by atoms with van der Waals surface area (Å²) in [6.07, 6.45) is -0.618. The highest BCUT2D eigenvalue weighted by atomic mass is 19.1. The highest BCUT2D eigenvalue weighted by Gasteiger charge is 2.57. The Balaban J connectivity index is 1.56. The highest BCUT2D eigenvalue weighted by molar-refractivity contribution is 6.03. The second-order valence-corrected chi connectivity index (χ2v) is 10.1. The molecule has 2 aromatic carbocycles. The van der Waals surface area contributed by atoms with Gasteiger partial charge in [0.15, 0.2) is 0 Å². The van der Waals surface area contributed by atoms with Gasteiger partial charge >= 0.3 is 6.09 Å². The molecule has 0 bridgehead atoms. The summed E-state index contributed by atoms with van der Waals surface area (Å²) in [4.78, 5) is 54.7. The number of carbonyl (C=O) groups excluding carboxylic acids is 4. The number of nitrogens with one attached hydrogen (secondary N) is 1. The van der Waals surface area contributed by atoms with Crippen molar-refractivity contribution in [3.05, 3.63) is 59.9 Å². The Kier molecular flexibility index (Phi) is 7.56. The summed E-state index contributed by atoms with van der Waals surface area (Å²) in [5, 5.41) is 2.61. The second-order valence-electron chi connectivity index (χ2n) is 10.1. The van der Waals surface area contributed by atoms with Crippen molar-refractivity contribution >= 4 is 29.5 Å². The fourth-order valence-electron chi connectivity index (χ4n) is 4.79. The molecule has 38 heavy (non-hydrogen) atoms. The van der Waals surface area contributed by atoms with Gasteiger partial charge < -0.3 is 25.4 Å². The van der Waals surface area contributed by atoms with Crippen LogP contribution < -0.4 is 15.8 Å². The molecule has 11 heteroatoms. The number of primary amides is 1. The lowest BCUT2D eigenvalue weighted by Crippen LogP contribution is -2.56. The Hall–Kier alpha value is -4.15. The van der Waals surface area contributed by atoms with Crippen molar-refractivity contribution in [3.8, 4) is 5.75 Å². The van der Waals surface area contributed by atoms with Crippen molar-refractivity contribution in [2.75, 3.05) is 18.9 Å². The number of benzene rings is 2. The van der Waals surface area contributed by atoms with E-state index in [4.69, 9.17) is 15.2 Å². The van der Waals surface area contributed by atoms with Crippen molar-refractivity contribution in [1.82, 2.24) is 9.80 Å². The Morgan fingerprint density at radius 1 is 1.24 bits per heavy atom. The highest BCUT2D eigenvalue weighted by Crippen LogP contribution is 2.41. The number of likely N-dealkylation sites (N-methyl/N-ethyl adjacent to an activating group) is 1. The third-order valence-corrected chi connectivity index (χ3v) is 6.79. The first-order valence-electron chi connectivity index (χ1n) is 12.3. The van der Waals surface area contributed by atoms with E-state index in [1.54, 1.807) is 0 Å². The molecule has 2 aliphatic heterocycles. The molecule has 10 nitrogen and oxygen atoms in total. The predicted molar refractivity (Wildman–Crippen MR) is 135 cm³/mol. The number of likely N-dealkylation sites (tertiary alicyclic amines) is 1. The Bertz CT molecular complexity index is 1240. The predicted octanol–water partition coefficient (Wildman–Crippen LogP) is 2.66. The van der Waals surface area contributed by atoms with Crippen LogP contribution in [0.5, 0.6) is 5.75 Å². The molecule has 0 radical (unpaired) electrons. The van der Waals surface area contributed by atoms with E-state index in [1.165, 1.54) is 29.0 Å².